The Bertz CT molecular complexity index is 761. The fourth-order valence-corrected chi connectivity index (χ4v) is 3.42. The number of aromatic nitrogens is 2. The van der Waals surface area contributed by atoms with E-state index in [4.69, 9.17) is 5.26 Å². The lowest BCUT2D eigenvalue weighted by molar-refractivity contribution is 0.414. The van der Waals surface area contributed by atoms with Gasteiger partial charge < -0.3 is 0 Å². The fraction of sp³-hybridized carbons (Fsp3) is 0.500. The van der Waals surface area contributed by atoms with Gasteiger partial charge in [-0.05, 0) is 31.4 Å². The number of benzene rings is 1. The molecule has 0 aliphatic heterocycles. The first-order chi connectivity index (χ1) is 11.0. The van der Waals surface area contributed by atoms with Crippen molar-refractivity contribution in [3.05, 3.63) is 34.6 Å². The molecule has 23 heavy (non-hydrogen) atoms. The van der Waals surface area contributed by atoms with Crippen LogP contribution in [0.25, 0.3) is 10.9 Å². The largest absolute Gasteiger partial charge is 0.284 e. The molecule has 122 valence electrons. The highest BCUT2D eigenvalue weighted by atomic mass is 32.2. The highest BCUT2D eigenvalue weighted by Crippen LogP contribution is 2.23. The van der Waals surface area contributed by atoms with Crippen molar-refractivity contribution in [3.63, 3.8) is 0 Å². The summed E-state index contributed by atoms with van der Waals surface area (Å²) in [6, 6.07) is 9.61. The van der Waals surface area contributed by atoms with E-state index in [1.165, 1.54) is 11.8 Å². The van der Waals surface area contributed by atoms with Crippen LogP contribution in [0.3, 0.4) is 0 Å². The first-order valence-corrected chi connectivity index (χ1v) is 9.04. The Kier molecular flexibility index (Phi) is 6.23. The predicted octanol–water partition coefficient (Wildman–Crippen LogP) is 4.40. The lowest BCUT2D eigenvalue weighted by Gasteiger charge is -2.19. The van der Waals surface area contributed by atoms with Gasteiger partial charge in [0.15, 0.2) is 5.16 Å². The molecular weight excluding hydrogens is 306 g/mol. The monoisotopic (exact) mass is 329 g/mol. The molecule has 1 heterocycles. The summed E-state index contributed by atoms with van der Waals surface area (Å²) in [6.45, 7) is 6.49. The molecule has 0 saturated carbocycles. The van der Waals surface area contributed by atoms with E-state index in [1.807, 2.05) is 24.3 Å². The maximum absolute atomic E-state index is 12.9. The summed E-state index contributed by atoms with van der Waals surface area (Å²) in [6.07, 6.45) is 3.18. The molecule has 2 aromatic rings. The molecule has 0 saturated heterocycles. The van der Waals surface area contributed by atoms with Gasteiger partial charge in [-0.1, -0.05) is 50.6 Å². The van der Waals surface area contributed by atoms with E-state index >= 15 is 0 Å². The van der Waals surface area contributed by atoms with Crippen molar-refractivity contribution in [2.24, 2.45) is 5.92 Å². The van der Waals surface area contributed by atoms with Crippen LogP contribution >= 0.6 is 11.8 Å². The predicted molar refractivity (Wildman–Crippen MR) is 95.7 cm³/mol. The summed E-state index contributed by atoms with van der Waals surface area (Å²) in [5.41, 5.74) is 0.691. The Morgan fingerprint density at radius 3 is 2.70 bits per heavy atom. The second kappa shape index (κ2) is 8.16. The molecule has 0 fully saturated rings. The van der Waals surface area contributed by atoms with Crippen molar-refractivity contribution >= 4 is 22.7 Å². The van der Waals surface area contributed by atoms with Gasteiger partial charge in [0.25, 0.3) is 5.56 Å². The molecule has 0 aliphatic rings. The van der Waals surface area contributed by atoms with E-state index in [1.54, 1.807) is 4.57 Å². The van der Waals surface area contributed by atoms with Gasteiger partial charge in [-0.15, -0.1) is 0 Å². The van der Waals surface area contributed by atoms with Crippen molar-refractivity contribution in [1.82, 2.24) is 9.55 Å². The van der Waals surface area contributed by atoms with Gasteiger partial charge >= 0.3 is 0 Å². The van der Waals surface area contributed by atoms with Crippen LogP contribution in [-0.2, 0) is 0 Å². The zero-order valence-electron chi connectivity index (χ0n) is 14.0. The molecule has 0 amide bonds. The molecule has 1 aromatic heterocycles. The number of hydrogen-bond donors (Lipinski definition) is 0. The van der Waals surface area contributed by atoms with Crippen LogP contribution in [0.2, 0.25) is 0 Å². The minimum absolute atomic E-state index is 0.00640. The van der Waals surface area contributed by atoms with E-state index in [0.29, 0.717) is 27.7 Å². The number of thioether (sulfide) groups is 1. The lowest BCUT2D eigenvalue weighted by atomic mass is 10.0. The number of para-hydroxylation sites is 1. The topological polar surface area (TPSA) is 58.7 Å². The second-order valence-electron chi connectivity index (χ2n) is 6.21. The van der Waals surface area contributed by atoms with Gasteiger partial charge in [0.2, 0.25) is 0 Å². The van der Waals surface area contributed by atoms with Gasteiger partial charge in [-0.3, -0.25) is 9.36 Å². The van der Waals surface area contributed by atoms with Gasteiger partial charge in [0.1, 0.15) is 0 Å². The molecule has 2 rings (SSSR count). The molecule has 4 nitrogen and oxygen atoms in total. The van der Waals surface area contributed by atoms with Gasteiger partial charge in [-0.2, -0.15) is 5.26 Å². The summed E-state index contributed by atoms with van der Waals surface area (Å²) < 4.78 is 1.77. The van der Waals surface area contributed by atoms with E-state index < -0.39 is 0 Å². The van der Waals surface area contributed by atoms with Crippen molar-refractivity contribution in [2.75, 3.05) is 5.75 Å². The third-order valence-electron chi connectivity index (χ3n) is 3.89. The maximum atomic E-state index is 12.9. The van der Waals surface area contributed by atoms with Crippen LogP contribution in [0.5, 0.6) is 0 Å². The van der Waals surface area contributed by atoms with Gasteiger partial charge in [-0.25, -0.2) is 4.98 Å². The third kappa shape index (κ3) is 4.35. The smallest absolute Gasteiger partial charge is 0.262 e. The Morgan fingerprint density at radius 2 is 2.00 bits per heavy atom. The van der Waals surface area contributed by atoms with Gasteiger partial charge in [0, 0.05) is 6.04 Å². The zero-order chi connectivity index (χ0) is 16.8. The van der Waals surface area contributed by atoms with Crippen molar-refractivity contribution in [1.29, 1.82) is 5.26 Å². The van der Waals surface area contributed by atoms with E-state index in [0.717, 1.165) is 19.3 Å². The first kappa shape index (κ1) is 17.6. The number of nitrogens with zero attached hydrogens (tertiary/aromatic N) is 3. The summed E-state index contributed by atoms with van der Waals surface area (Å²) in [7, 11) is 0. The minimum atomic E-state index is -0.00640. The molecule has 5 heteroatoms. The molecule has 0 bridgehead atoms. The summed E-state index contributed by atoms with van der Waals surface area (Å²) in [5, 5.41) is 10.1. The SMILES string of the molecule is CC(C)CCC[C@@H](C)n1c(SCC#N)nc2ccccc2c1=O. The molecule has 1 atom stereocenters. The van der Waals surface area contributed by atoms with Gasteiger partial charge in [0.05, 0.1) is 22.7 Å². The molecule has 0 unspecified atom stereocenters. The Hall–Kier alpha value is -1.80. The van der Waals surface area contributed by atoms with Crippen LogP contribution in [0.15, 0.2) is 34.2 Å². The summed E-state index contributed by atoms with van der Waals surface area (Å²) >= 11 is 1.33. The minimum Gasteiger partial charge on any atom is -0.284 e. The number of nitriles is 1. The molecular formula is C18H23N3OS. The van der Waals surface area contributed by atoms with Crippen LogP contribution < -0.4 is 5.56 Å². The zero-order valence-corrected chi connectivity index (χ0v) is 14.8. The van der Waals surface area contributed by atoms with E-state index in [2.05, 4.69) is 31.8 Å². The fourth-order valence-electron chi connectivity index (χ4n) is 2.66. The average Bonchev–Trinajstić information content (AvgIpc) is 2.52. The lowest BCUT2D eigenvalue weighted by Crippen LogP contribution is -2.26. The molecule has 0 radical (unpaired) electrons. The average molecular weight is 329 g/mol. The van der Waals surface area contributed by atoms with E-state index in [9.17, 15) is 4.79 Å². The van der Waals surface area contributed by atoms with Crippen molar-refractivity contribution in [2.45, 2.75) is 51.2 Å². The van der Waals surface area contributed by atoms with Crippen LogP contribution in [0.4, 0.5) is 0 Å². The Balaban J connectivity index is 2.40. The number of hydrogen-bond acceptors (Lipinski definition) is 4. The molecule has 0 aliphatic carbocycles. The normalized spacial score (nSPS) is 12.5. The van der Waals surface area contributed by atoms with E-state index in [-0.39, 0.29) is 11.6 Å². The van der Waals surface area contributed by atoms with Crippen LogP contribution in [0.1, 0.15) is 46.1 Å². The number of fused-ring (bicyclic) bond motifs is 1. The second-order valence-corrected chi connectivity index (χ2v) is 7.15. The maximum Gasteiger partial charge on any atom is 0.262 e. The highest BCUT2D eigenvalue weighted by molar-refractivity contribution is 7.99. The molecule has 1 aromatic carbocycles. The van der Waals surface area contributed by atoms with Crippen molar-refractivity contribution < 1.29 is 0 Å². The van der Waals surface area contributed by atoms with Crippen LogP contribution in [0, 0.1) is 17.2 Å². The standard InChI is InChI=1S/C18H23N3OS/c1-13(2)7-6-8-14(3)21-17(22)15-9-4-5-10-16(15)20-18(21)23-12-11-19/h4-5,9-10,13-14H,6-8,12H2,1-3H3/t14-/m1/s1. The Labute approximate surface area is 141 Å². The molecule has 0 spiro atoms. The van der Waals surface area contributed by atoms with Crippen molar-refractivity contribution in [3.8, 4) is 6.07 Å². The number of rotatable bonds is 7. The third-order valence-corrected chi connectivity index (χ3v) is 4.71. The first-order valence-electron chi connectivity index (χ1n) is 8.05. The summed E-state index contributed by atoms with van der Waals surface area (Å²) in [4.78, 5) is 17.5. The molecule has 0 N–H and O–H groups in total. The Morgan fingerprint density at radius 1 is 1.26 bits per heavy atom. The summed E-state index contributed by atoms with van der Waals surface area (Å²) in [5.74, 6) is 0.963. The quantitative estimate of drug-likeness (QED) is 0.558. The van der Waals surface area contributed by atoms with Crippen LogP contribution in [-0.4, -0.2) is 15.3 Å². The highest BCUT2D eigenvalue weighted by Gasteiger charge is 2.16.